The van der Waals surface area contributed by atoms with Gasteiger partial charge < -0.3 is 25.8 Å². The summed E-state index contributed by atoms with van der Waals surface area (Å²) in [5.74, 6) is 0.893. The maximum atomic E-state index is 12.3. The Morgan fingerprint density at radius 3 is 1.82 bits per heavy atom. The van der Waals surface area contributed by atoms with Crippen molar-refractivity contribution in [1.29, 1.82) is 0 Å². The van der Waals surface area contributed by atoms with Gasteiger partial charge in [0.25, 0.3) is 5.91 Å². The van der Waals surface area contributed by atoms with Gasteiger partial charge in [-0.2, -0.15) is 0 Å². The van der Waals surface area contributed by atoms with Gasteiger partial charge in [0.15, 0.2) is 0 Å². The van der Waals surface area contributed by atoms with E-state index in [-0.39, 0.29) is 24.3 Å². The summed E-state index contributed by atoms with van der Waals surface area (Å²) in [4.78, 5) is 28.6. The van der Waals surface area contributed by atoms with E-state index in [2.05, 4.69) is 25.8 Å². The third-order valence-corrected chi connectivity index (χ3v) is 5.01. The minimum atomic E-state index is -0.364. The van der Waals surface area contributed by atoms with Crippen LogP contribution in [0.3, 0.4) is 0 Å². The van der Waals surface area contributed by atoms with Crippen LogP contribution in [0.4, 0.5) is 21.9 Å². The molecule has 0 aromatic heterocycles. The van der Waals surface area contributed by atoms with Gasteiger partial charge in [0.05, 0.1) is 0 Å². The van der Waals surface area contributed by atoms with Gasteiger partial charge >= 0.3 is 6.03 Å². The molecule has 0 aliphatic carbocycles. The SMILES string of the molecule is CN(C)CCCNC(=O)c1ccc(NC(=O)Nc2ccc(N(CCCl)CCCl)cc2)cc1.Cl. The van der Waals surface area contributed by atoms with Gasteiger partial charge in [0.1, 0.15) is 0 Å². The summed E-state index contributed by atoms with van der Waals surface area (Å²) in [6, 6.07) is 13.9. The number of rotatable bonds is 12. The Morgan fingerprint density at radius 2 is 1.33 bits per heavy atom. The fraction of sp³-hybridized carbons (Fsp3) is 0.391. The average molecular weight is 517 g/mol. The summed E-state index contributed by atoms with van der Waals surface area (Å²) < 4.78 is 0. The monoisotopic (exact) mass is 515 g/mol. The zero-order valence-corrected chi connectivity index (χ0v) is 21.3. The van der Waals surface area contributed by atoms with Crippen LogP contribution in [-0.4, -0.2) is 68.9 Å². The number of anilines is 3. The van der Waals surface area contributed by atoms with E-state index in [0.717, 1.165) is 18.7 Å². The molecule has 2 aromatic rings. The molecule has 0 unspecified atom stereocenters. The van der Waals surface area contributed by atoms with Gasteiger partial charge in [-0.05, 0) is 75.6 Å². The summed E-state index contributed by atoms with van der Waals surface area (Å²) in [6.07, 6.45) is 0.886. The highest BCUT2D eigenvalue weighted by molar-refractivity contribution is 6.18. The summed E-state index contributed by atoms with van der Waals surface area (Å²) in [5.41, 5.74) is 2.80. The largest absolute Gasteiger partial charge is 0.369 e. The van der Waals surface area contributed by atoms with E-state index in [4.69, 9.17) is 23.2 Å². The second-order valence-corrected chi connectivity index (χ2v) is 8.24. The first-order valence-electron chi connectivity index (χ1n) is 10.5. The van der Waals surface area contributed by atoms with Gasteiger partial charge in [-0.15, -0.1) is 35.6 Å². The molecular weight excluding hydrogens is 485 g/mol. The second-order valence-electron chi connectivity index (χ2n) is 7.48. The van der Waals surface area contributed by atoms with Gasteiger partial charge in [-0.25, -0.2) is 4.79 Å². The molecule has 0 aliphatic heterocycles. The molecule has 0 radical (unpaired) electrons. The number of amides is 3. The number of hydrogen-bond donors (Lipinski definition) is 3. The van der Waals surface area contributed by atoms with Crippen LogP contribution in [0, 0.1) is 0 Å². The lowest BCUT2D eigenvalue weighted by Crippen LogP contribution is -2.27. The first-order valence-corrected chi connectivity index (χ1v) is 11.6. The predicted molar refractivity (Wildman–Crippen MR) is 142 cm³/mol. The number of nitrogens with zero attached hydrogens (tertiary/aromatic N) is 2. The van der Waals surface area contributed by atoms with E-state index in [0.29, 0.717) is 48.3 Å². The van der Waals surface area contributed by atoms with Crippen LogP contribution in [0.25, 0.3) is 0 Å². The third kappa shape index (κ3) is 10.5. The summed E-state index contributed by atoms with van der Waals surface area (Å²) >= 11 is 11.7. The Bertz CT molecular complexity index is 842. The predicted octanol–water partition coefficient (Wildman–Crippen LogP) is 4.72. The Hall–Kier alpha value is -2.19. The molecule has 2 aromatic carbocycles. The number of carbonyl (C=O) groups is 2. The van der Waals surface area contributed by atoms with Crippen LogP contribution >= 0.6 is 35.6 Å². The van der Waals surface area contributed by atoms with Crippen molar-refractivity contribution in [2.24, 2.45) is 0 Å². The Labute approximate surface area is 212 Å². The van der Waals surface area contributed by atoms with E-state index >= 15 is 0 Å². The Balaban J connectivity index is 0.00000544. The Morgan fingerprint density at radius 1 is 0.818 bits per heavy atom. The fourth-order valence-corrected chi connectivity index (χ4v) is 3.44. The van der Waals surface area contributed by atoms with E-state index in [9.17, 15) is 9.59 Å². The number of hydrogen-bond acceptors (Lipinski definition) is 4. The second kappa shape index (κ2) is 15.6. The standard InChI is InChI=1S/C23H31Cl2N5O2.ClH/c1-29(2)15-3-14-26-22(31)18-4-6-19(7-5-18)27-23(32)28-20-8-10-21(11-9-20)30(16-12-24)17-13-25;/h4-11H,3,12-17H2,1-2H3,(H,26,31)(H2,27,28,32);1H. The number of alkyl halides is 2. The molecule has 0 bridgehead atoms. The van der Waals surface area contributed by atoms with Crippen LogP contribution in [-0.2, 0) is 0 Å². The number of nitrogens with one attached hydrogen (secondary N) is 3. The Kier molecular flexibility index (Phi) is 13.6. The van der Waals surface area contributed by atoms with Crippen molar-refractivity contribution in [2.45, 2.75) is 6.42 Å². The van der Waals surface area contributed by atoms with Crippen molar-refractivity contribution >= 4 is 64.6 Å². The van der Waals surface area contributed by atoms with Crippen molar-refractivity contribution in [1.82, 2.24) is 10.2 Å². The molecule has 3 amide bonds. The third-order valence-electron chi connectivity index (χ3n) is 4.67. The van der Waals surface area contributed by atoms with Crippen molar-refractivity contribution in [3.8, 4) is 0 Å². The smallest absolute Gasteiger partial charge is 0.323 e. The molecule has 3 N–H and O–H groups in total. The maximum absolute atomic E-state index is 12.3. The molecule has 0 saturated carbocycles. The molecule has 0 spiro atoms. The molecule has 33 heavy (non-hydrogen) atoms. The minimum absolute atomic E-state index is 0. The zero-order valence-electron chi connectivity index (χ0n) is 18.9. The van der Waals surface area contributed by atoms with Gasteiger partial charge in [0, 0.05) is 54.0 Å². The molecule has 0 fully saturated rings. The van der Waals surface area contributed by atoms with Gasteiger partial charge in [0.2, 0.25) is 0 Å². The average Bonchev–Trinajstić information content (AvgIpc) is 2.77. The van der Waals surface area contributed by atoms with Crippen molar-refractivity contribution in [2.75, 3.05) is 67.6 Å². The van der Waals surface area contributed by atoms with Crippen LogP contribution in [0.1, 0.15) is 16.8 Å². The summed E-state index contributed by atoms with van der Waals surface area (Å²) in [6.45, 7) is 2.94. The van der Waals surface area contributed by atoms with E-state index < -0.39 is 0 Å². The van der Waals surface area contributed by atoms with Crippen molar-refractivity contribution < 1.29 is 9.59 Å². The van der Waals surface area contributed by atoms with E-state index in [1.54, 1.807) is 24.3 Å². The minimum Gasteiger partial charge on any atom is -0.369 e. The van der Waals surface area contributed by atoms with E-state index in [1.807, 2.05) is 38.4 Å². The molecule has 182 valence electrons. The van der Waals surface area contributed by atoms with Crippen LogP contribution in [0.2, 0.25) is 0 Å². The number of urea groups is 1. The molecule has 10 heteroatoms. The first kappa shape index (κ1) is 28.8. The van der Waals surface area contributed by atoms with E-state index in [1.165, 1.54) is 0 Å². The normalized spacial score (nSPS) is 10.3. The topological polar surface area (TPSA) is 76.7 Å². The fourth-order valence-electron chi connectivity index (χ4n) is 3.03. The highest BCUT2D eigenvalue weighted by atomic mass is 35.5. The highest BCUT2D eigenvalue weighted by Gasteiger charge is 2.08. The van der Waals surface area contributed by atoms with Gasteiger partial charge in [-0.1, -0.05) is 0 Å². The molecule has 0 aliphatic rings. The lowest BCUT2D eigenvalue weighted by atomic mass is 10.2. The van der Waals surface area contributed by atoms with Crippen LogP contribution < -0.4 is 20.9 Å². The van der Waals surface area contributed by atoms with Crippen LogP contribution in [0.15, 0.2) is 48.5 Å². The molecular formula is C23H32Cl3N5O2. The lowest BCUT2D eigenvalue weighted by Gasteiger charge is -2.23. The zero-order chi connectivity index (χ0) is 23.3. The summed E-state index contributed by atoms with van der Waals surface area (Å²) in [5, 5.41) is 8.46. The highest BCUT2D eigenvalue weighted by Crippen LogP contribution is 2.19. The molecule has 7 nitrogen and oxygen atoms in total. The van der Waals surface area contributed by atoms with Crippen molar-refractivity contribution in [3.63, 3.8) is 0 Å². The number of benzene rings is 2. The molecule has 0 heterocycles. The number of halogens is 3. The molecule has 0 atom stereocenters. The quantitative estimate of drug-likeness (QED) is 0.282. The molecule has 2 rings (SSSR count). The lowest BCUT2D eigenvalue weighted by molar-refractivity contribution is 0.0952. The maximum Gasteiger partial charge on any atom is 0.323 e. The summed E-state index contributed by atoms with van der Waals surface area (Å²) in [7, 11) is 4.00. The number of carbonyl (C=O) groups excluding carboxylic acids is 2. The van der Waals surface area contributed by atoms with Crippen LogP contribution in [0.5, 0.6) is 0 Å². The first-order chi connectivity index (χ1) is 15.4. The van der Waals surface area contributed by atoms with Crippen molar-refractivity contribution in [3.05, 3.63) is 54.1 Å². The molecule has 0 saturated heterocycles. The van der Waals surface area contributed by atoms with Gasteiger partial charge in [-0.3, -0.25) is 4.79 Å².